The van der Waals surface area contributed by atoms with Crippen molar-refractivity contribution in [3.05, 3.63) is 76.4 Å². The number of fused-ring (bicyclic) bond motifs is 1. The molecule has 0 N–H and O–H groups in total. The third-order valence-electron chi connectivity index (χ3n) is 6.74. The van der Waals surface area contributed by atoms with Crippen molar-refractivity contribution < 1.29 is 9.53 Å². The summed E-state index contributed by atoms with van der Waals surface area (Å²) in [5.74, 6) is -0.455. The van der Waals surface area contributed by atoms with Crippen molar-refractivity contribution in [2.45, 2.75) is 58.5 Å². The Morgan fingerprint density at radius 3 is 2.64 bits per heavy atom. The van der Waals surface area contributed by atoms with Crippen LogP contribution < -0.4 is 14.9 Å². The fourth-order valence-corrected chi connectivity index (χ4v) is 7.08. The number of hydrogen-bond acceptors (Lipinski definition) is 6. The molecule has 172 valence electrons. The van der Waals surface area contributed by atoms with Gasteiger partial charge in [-0.2, -0.15) is 0 Å². The number of carbonyl (C=O) groups excluding carboxylic acids is 1. The lowest BCUT2D eigenvalue weighted by Crippen LogP contribution is -2.39. The summed E-state index contributed by atoms with van der Waals surface area (Å²) in [5, 5.41) is 1.95. The number of aryl methyl sites for hydroxylation is 1. The Balaban J connectivity index is 1.68. The standard InChI is InChI=1S/C25H27N3O3S2/c1-14-12-17(16(3)27(14)18-8-5-6-9-18)13-20-23(29)28-22(19-10-7-11-32-19)21(24(30)31-4)15(2)26-25(28)33-20/h7,10-13,18,22H,5-6,8-9H2,1-4H3. The molecule has 1 unspecified atom stereocenters. The molecule has 0 aromatic carbocycles. The number of nitrogens with zero attached hydrogens (tertiary/aromatic N) is 3. The maximum Gasteiger partial charge on any atom is 0.338 e. The fourth-order valence-electron chi connectivity index (χ4n) is 5.22. The summed E-state index contributed by atoms with van der Waals surface area (Å²) in [7, 11) is 1.36. The quantitative estimate of drug-likeness (QED) is 0.529. The maximum atomic E-state index is 13.7. The molecule has 1 saturated carbocycles. The summed E-state index contributed by atoms with van der Waals surface area (Å²) >= 11 is 2.89. The van der Waals surface area contributed by atoms with Crippen LogP contribution in [0.1, 0.15) is 66.5 Å². The normalized spacial score (nSPS) is 19.2. The molecule has 0 amide bonds. The molecule has 0 spiro atoms. The van der Waals surface area contributed by atoms with Crippen molar-refractivity contribution in [3.63, 3.8) is 0 Å². The third-order valence-corrected chi connectivity index (χ3v) is 8.65. The highest BCUT2D eigenvalue weighted by atomic mass is 32.1. The summed E-state index contributed by atoms with van der Waals surface area (Å²) in [6, 6.07) is 6.08. The summed E-state index contributed by atoms with van der Waals surface area (Å²) in [6.45, 7) is 6.09. The molecule has 0 bridgehead atoms. The number of hydrogen-bond donors (Lipinski definition) is 0. The molecule has 1 atom stereocenters. The molecule has 1 aliphatic carbocycles. The first-order valence-electron chi connectivity index (χ1n) is 11.2. The molecule has 33 heavy (non-hydrogen) atoms. The van der Waals surface area contributed by atoms with E-state index in [2.05, 4.69) is 29.5 Å². The smallest absolute Gasteiger partial charge is 0.338 e. The van der Waals surface area contributed by atoms with Gasteiger partial charge in [-0.1, -0.05) is 30.2 Å². The van der Waals surface area contributed by atoms with Crippen molar-refractivity contribution in [1.29, 1.82) is 0 Å². The molecule has 3 aromatic heterocycles. The van der Waals surface area contributed by atoms with E-state index in [0.717, 1.165) is 10.4 Å². The Morgan fingerprint density at radius 1 is 1.21 bits per heavy atom. The Labute approximate surface area is 200 Å². The number of esters is 1. The fraction of sp³-hybridized carbons (Fsp3) is 0.400. The zero-order valence-corrected chi connectivity index (χ0v) is 20.9. The number of thiazole rings is 1. The van der Waals surface area contributed by atoms with Gasteiger partial charge in [0.1, 0.15) is 6.04 Å². The van der Waals surface area contributed by atoms with Crippen molar-refractivity contribution in [1.82, 2.24) is 9.13 Å². The van der Waals surface area contributed by atoms with Gasteiger partial charge in [-0.05, 0) is 62.8 Å². The third kappa shape index (κ3) is 3.65. The second-order valence-corrected chi connectivity index (χ2v) is 10.7. The first-order valence-corrected chi connectivity index (χ1v) is 12.9. The van der Waals surface area contributed by atoms with E-state index in [1.54, 1.807) is 11.5 Å². The van der Waals surface area contributed by atoms with Crippen LogP contribution in [-0.4, -0.2) is 22.2 Å². The van der Waals surface area contributed by atoms with Gasteiger partial charge < -0.3 is 9.30 Å². The van der Waals surface area contributed by atoms with Gasteiger partial charge >= 0.3 is 5.97 Å². The molecule has 3 aromatic rings. The molecule has 0 radical (unpaired) electrons. The van der Waals surface area contributed by atoms with Gasteiger partial charge in [0.05, 0.1) is 22.9 Å². The number of ether oxygens (including phenoxy) is 1. The van der Waals surface area contributed by atoms with Crippen LogP contribution in [0.25, 0.3) is 6.08 Å². The van der Waals surface area contributed by atoms with E-state index in [9.17, 15) is 9.59 Å². The monoisotopic (exact) mass is 481 g/mol. The first-order chi connectivity index (χ1) is 15.9. The Bertz CT molecular complexity index is 1430. The van der Waals surface area contributed by atoms with Crippen molar-refractivity contribution >= 4 is 34.7 Å². The lowest BCUT2D eigenvalue weighted by atomic mass is 10.0. The molecular weight excluding hydrogens is 454 g/mol. The van der Waals surface area contributed by atoms with Crippen LogP contribution in [0.2, 0.25) is 0 Å². The van der Waals surface area contributed by atoms with Crippen LogP contribution in [0.3, 0.4) is 0 Å². The summed E-state index contributed by atoms with van der Waals surface area (Å²) in [6.07, 6.45) is 6.98. The molecule has 5 rings (SSSR count). The van der Waals surface area contributed by atoms with Crippen LogP contribution >= 0.6 is 22.7 Å². The SMILES string of the molecule is COC(=O)C1=C(C)N=c2sc(=Cc3cc(C)n(C4CCCC4)c3C)c(=O)n2C1c1cccs1. The molecular formula is C25H27N3O3S2. The molecule has 1 fully saturated rings. The van der Waals surface area contributed by atoms with Crippen LogP contribution in [-0.2, 0) is 9.53 Å². The average molecular weight is 482 g/mol. The summed E-state index contributed by atoms with van der Waals surface area (Å²) in [5.41, 5.74) is 4.38. The number of thiophene rings is 1. The Kier molecular flexibility index (Phi) is 5.74. The van der Waals surface area contributed by atoms with Crippen LogP contribution in [0.4, 0.5) is 0 Å². The molecule has 6 nitrogen and oxygen atoms in total. The first kappa shape index (κ1) is 22.1. The molecule has 2 aliphatic rings. The predicted octanol–water partition coefficient (Wildman–Crippen LogP) is 4.00. The second-order valence-electron chi connectivity index (χ2n) is 8.72. The van der Waals surface area contributed by atoms with Crippen molar-refractivity contribution in [3.8, 4) is 0 Å². The van der Waals surface area contributed by atoms with Crippen LogP contribution in [0.15, 0.2) is 44.6 Å². The molecule has 0 saturated heterocycles. The van der Waals surface area contributed by atoms with Crippen molar-refractivity contribution in [2.75, 3.05) is 7.11 Å². The number of carbonyl (C=O) groups is 1. The van der Waals surface area contributed by atoms with Crippen molar-refractivity contribution in [2.24, 2.45) is 4.99 Å². The topological polar surface area (TPSA) is 65.6 Å². The Morgan fingerprint density at radius 2 is 1.97 bits per heavy atom. The van der Waals surface area contributed by atoms with Gasteiger partial charge in [0.25, 0.3) is 5.56 Å². The van der Waals surface area contributed by atoms with E-state index < -0.39 is 12.0 Å². The Hall–Kier alpha value is -2.71. The highest BCUT2D eigenvalue weighted by Gasteiger charge is 2.33. The van der Waals surface area contributed by atoms with E-state index in [1.165, 1.54) is 66.9 Å². The minimum Gasteiger partial charge on any atom is -0.466 e. The van der Waals surface area contributed by atoms with Gasteiger partial charge in [0.2, 0.25) is 0 Å². The van der Waals surface area contributed by atoms with Gasteiger partial charge in [-0.15, -0.1) is 11.3 Å². The van der Waals surface area contributed by atoms with Crippen LogP contribution in [0.5, 0.6) is 0 Å². The lowest BCUT2D eigenvalue weighted by molar-refractivity contribution is -0.136. The van der Waals surface area contributed by atoms with E-state index in [0.29, 0.717) is 26.6 Å². The lowest BCUT2D eigenvalue weighted by Gasteiger charge is -2.22. The van der Waals surface area contributed by atoms with Gasteiger partial charge in [-0.3, -0.25) is 9.36 Å². The van der Waals surface area contributed by atoms with Gasteiger partial charge in [0.15, 0.2) is 4.80 Å². The minimum absolute atomic E-state index is 0.128. The van der Waals surface area contributed by atoms with E-state index in [4.69, 9.17) is 4.74 Å². The van der Waals surface area contributed by atoms with E-state index >= 15 is 0 Å². The van der Waals surface area contributed by atoms with E-state index in [1.807, 2.05) is 23.6 Å². The molecule has 4 heterocycles. The highest BCUT2D eigenvalue weighted by Crippen LogP contribution is 2.34. The molecule has 1 aliphatic heterocycles. The number of rotatable bonds is 4. The van der Waals surface area contributed by atoms with E-state index in [-0.39, 0.29) is 5.56 Å². The second kappa shape index (κ2) is 8.57. The molecule has 8 heteroatoms. The summed E-state index contributed by atoms with van der Waals surface area (Å²) < 4.78 is 9.76. The number of methoxy groups -OCH3 is 1. The van der Waals surface area contributed by atoms with Gasteiger partial charge in [-0.25, -0.2) is 9.79 Å². The maximum absolute atomic E-state index is 13.7. The highest BCUT2D eigenvalue weighted by molar-refractivity contribution is 7.10. The zero-order chi connectivity index (χ0) is 23.3. The number of allylic oxidation sites excluding steroid dienone is 1. The minimum atomic E-state index is -0.526. The average Bonchev–Trinajstić information content (AvgIpc) is 3.57. The van der Waals surface area contributed by atoms with Crippen LogP contribution in [0, 0.1) is 13.8 Å². The zero-order valence-electron chi connectivity index (χ0n) is 19.3. The number of aromatic nitrogens is 2. The predicted molar refractivity (Wildman–Crippen MR) is 132 cm³/mol. The van der Waals surface area contributed by atoms with Gasteiger partial charge in [0, 0.05) is 22.3 Å². The largest absolute Gasteiger partial charge is 0.466 e. The summed E-state index contributed by atoms with van der Waals surface area (Å²) in [4.78, 5) is 32.5.